The highest BCUT2D eigenvalue weighted by Crippen LogP contribution is 2.16. The lowest BCUT2D eigenvalue weighted by atomic mass is 9.96. The van der Waals surface area contributed by atoms with Gasteiger partial charge in [-0.1, -0.05) is 12.2 Å². The Morgan fingerprint density at radius 2 is 0.864 bits per heavy atom. The number of aliphatic hydroxyl groups is 3. The first-order valence-electron chi connectivity index (χ1n) is 18.4. The van der Waals surface area contributed by atoms with Crippen LogP contribution in [0.4, 0.5) is 0 Å². The lowest BCUT2D eigenvalue weighted by Gasteiger charge is -2.21. The Kier molecular flexibility index (Phi) is 40.4. The van der Waals surface area contributed by atoms with Gasteiger partial charge >= 0.3 is 59.7 Å². The molecule has 3 atom stereocenters. The number of nitrogens with two attached hydrogens (primary N) is 1. The van der Waals surface area contributed by atoms with Gasteiger partial charge in [-0.3, -0.25) is 43.4 Å². The molecule has 0 bridgehead atoms. The Morgan fingerprint density at radius 1 is 0.576 bits per heavy atom. The number of thiol groups is 2. The molecular formula is C34H60N4O25S3. The number of thiocarbonyl (C=S) groups is 1. The molecule has 32 heteroatoms. The van der Waals surface area contributed by atoms with Crippen molar-refractivity contribution in [1.82, 2.24) is 14.7 Å². The van der Waals surface area contributed by atoms with Gasteiger partial charge in [0.05, 0.1) is 65.4 Å². The Morgan fingerprint density at radius 3 is 1.00 bits per heavy atom. The molecule has 66 heavy (non-hydrogen) atoms. The van der Waals surface area contributed by atoms with Gasteiger partial charge in [-0.15, -0.1) is 12.6 Å². The smallest absolute Gasteiger partial charge is 0.336 e. The van der Waals surface area contributed by atoms with Crippen LogP contribution in [0.25, 0.3) is 0 Å². The standard InChI is InChI=1S/C14H24N2O10.C6H8O7.C5H11NO2S.C5H11NS2.C4H6O6/c17-11(18)7-15(8-12(19)20)1-3-25-5-6-26-4-2-16(9-13(21)22)10-14(23)24;7-3(8)1-6(13,5(11)12)2-4(9)10;1-5(2,9)3(6)4(7)8;1-3-6(4-2)5(7)8;5-1(3(7)8)2(6)4(9)10/h1-10H2,(H,17,18)(H,19,20)(H,21,22)(H,23,24);13H,1-2H2,(H,7,8)(H,9,10)(H,11,12);3,9H,6H2,1-2H3,(H,7,8);3-4H2,1-2H3,(H,7,8);1-2,5-6H,(H,7,8)(H,9,10)/t;;3-;;/m..0../s1. The molecule has 0 spiro atoms. The van der Waals surface area contributed by atoms with Crippen molar-refractivity contribution in [3.63, 3.8) is 0 Å². The van der Waals surface area contributed by atoms with Crippen molar-refractivity contribution in [3.05, 3.63) is 0 Å². The fourth-order valence-electron chi connectivity index (χ4n) is 3.68. The van der Waals surface area contributed by atoms with Crippen LogP contribution in [0, 0.1) is 0 Å². The molecule has 0 aromatic heterocycles. The molecule has 384 valence electrons. The number of aliphatic hydroxyl groups excluding tert-OH is 2. The quantitative estimate of drug-likeness (QED) is 0.0194. The maximum absolute atomic E-state index is 10.6. The Hall–Kier alpha value is -5.03. The van der Waals surface area contributed by atoms with E-state index in [1.165, 1.54) is 9.80 Å². The average molecular weight is 1020 g/mol. The van der Waals surface area contributed by atoms with Crippen molar-refractivity contribution in [1.29, 1.82) is 0 Å². The first-order chi connectivity index (χ1) is 30.0. The number of hydrogen-bond donors (Lipinski definition) is 16. The fraction of sp³-hybridized carbons (Fsp3) is 0.676. The van der Waals surface area contributed by atoms with E-state index in [9.17, 15) is 47.9 Å². The van der Waals surface area contributed by atoms with Crippen LogP contribution < -0.4 is 5.73 Å². The van der Waals surface area contributed by atoms with Crippen molar-refractivity contribution < 1.29 is 124 Å². The highest BCUT2D eigenvalue weighted by Gasteiger charge is 2.40. The predicted octanol–water partition coefficient (Wildman–Crippen LogP) is -3.76. The van der Waals surface area contributed by atoms with Gasteiger partial charge in [0, 0.05) is 30.9 Å². The highest BCUT2D eigenvalue weighted by molar-refractivity contribution is 8.10. The van der Waals surface area contributed by atoms with Gasteiger partial charge in [0.1, 0.15) is 10.4 Å². The number of carboxylic acids is 10. The van der Waals surface area contributed by atoms with Gasteiger partial charge in [-0.2, -0.15) is 12.6 Å². The SMILES string of the molecule is CC(C)(S)[C@@H](N)C(=O)O.CCN(CC)C(=S)S.O=C(O)C(O)C(O)C(=O)O.O=C(O)CC(O)(CC(=O)O)C(=O)O.O=C(O)CN(CCOCCOCCN(CC(=O)O)CC(=O)O)CC(=O)O. The maximum atomic E-state index is 10.6. The Balaban J connectivity index is -0.000000259. The van der Waals surface area contributed by atoms with Gasteiger partial charge in [-0.05, 0) is 27.7 Å². The molecule has 0 aliphatic carbocycles. The first kappa shape index (κ1) is 70.0. The summed E-state index contributed by atoms with van der Waals surface area (Å²) in [6.07, 6.45) is -6.82. The van der Waals surface area contributed by atoms with E-state index in [1.807, 2.05) is 4.90 Å². The molecule has 0 rings (SSSR count). The number of hydrogen-bond acceptors (Lipinski definition) is 20. The topological polar surface area (TPSA) is 488 Å². The number of nitrogens with zero attached hydrogens (tertiary/aromatic N) is 3. The number of aliphatic carboxylic acids is 10. The zero-order chi connectivity index (χ0) is 53.1. The summed E-state index contributed by atoms with van der Waals surface area (Å²) in [4.78, 5) is 107. The second kappa shape index (κ2) is 38.1. The first-order valence-corrected chi connectivity index (χ1v) is 19.7. The van der Waals surface area contributed by atoms with Gasteiger partial charge in [0.15, 0.2) is 17.8 Å². The van der Waals surface area contributed by atoms with E-state index in [2.05, 4.69) is 39.1 Å². The minimum atomic E-state index is -2.74. The predicted molar refractivity (Wildman–Crippen MR) is 233 cm³/mol. The molecule has 0 saturated heterocycles. The summed E-state index contributed by atoms with van der Waals surface area (Å²) >= 11 is 12.8. The van der Waals surface area contributed by atoms with Crippen LogP contribution in [0.2, 0.25) is 0 Å². The van der Waals surface area contributed by atoms with E-state index in [-0.39, 0.29) is 39.5 Å². The van der Waals surface area contributed by atoms with Crippen LogP contribution in [-0.4, -0.2) is 252 Å². The van der Waals surface area contributed by atoms with Crippen LogP contribution in [0.15, 0.2) is 0 Å². The fourth-order valence-corrected chi connectivity index (χ4v) is 4.33. The Bertz CT molecular complexity index is 1450. The van der Waals surface area contributed by atoms with Crippen molar-refractivity contribution in [2.45, 2.75) is 69.1 Å². The molecule has 0 aliphatic heterocycles. The summed E-state index contributed by atoms with van der Waals surface area (Å²) in [6.45, 7) is 8.57. The van der Waals surface area contributed by atoms with Crippen molar-refractivity contribution in [2.75, 3.05) is 78.8 Å². The molecule has 15 N–H and O–H groups in total. The third kappa shape index (κ3) is 42.9. The monoisotopic (exact) mass is 1020 g/mol. The molecule has 0 fully saturated rings. The van der Waals surface area contributed by atoms with Gasteiger partial charge in [0.25, 0.3) is 0 Å². The number of ether oxygens (including phenoxy) is 2. The summed E-state index contributed by atoms with van der Waals surface area (Å²) in [5.74, 6) is -14.1. The third-order valence-corrected chi connectivity index (χ3v) is 7.88. The van der Waals surface area contributed by atoms with E-state index in [1.54, 1.807) is 13.8 Å². The number of carboxylic acid groups (broad SMARTS) is 10. The van der Waals surface area contributed by atoms with Crippen LogP contribution >= 0.6 is 37.5 Å². The zero-order valence-electron chi connectivity index (χ0n) is 36.1. The molecule has 0 heterocycles. The molecule has 2 unspecified atom stereocenters. The maximum Gasteiger partial charge on any atom is 0.336 e. The molecule has 0 aromatic carbocycles. The zero-order valence-corrected chi connectivity index (χ0v) is 38.7. The lowest BCUT2D eigenvalue weighted by molar-refractivity contribution is -0.170. The second-order valence-corrected chi connectivity index (χ2v) is 15.5. The van der Waals surface area contributed by atoms with Gasteiger partial charge < -0.3 is 86.5 Å². The van der Waals surface area contributed by atoms with E-state index in [0.29, 0.717) is 4.32 Å². The minimum absolute atomic E-state index is 0.119. The van der Waals surface area contributed by atoms with Crippen LogP contribution in [0.5, 0.6) is 0 Å². The Labute approximate surface area is 392 Å². The normalized spacial score (nSPS) is 12.0. The minimum Gasteiger partial charge on any atom is -0.481 e. The van der Waals surface area contributed by atoms with Crippen molar-refractivity contribution in [2.24, 2.45) is 5.73 Å². The van der Waals surface area contributed by atoms with E-state index in [0.717, 1.165) is 13.1 Å². The summed E-state index contributed by atoms with van der Waals surface area (Å²) in [5, 5.41) is 109. The lowest BCUT2D eigenvalue weighted by Crippen LogP contribution is -2.45. The van der Waals surface area contributed by atoms with Crippen LogP contribution in [-0.2, 0) is 57.4 Å². The molecular weight excluding hydrogens is 961 g/mol. The number of rotatable bonds is 29. The molecule has 0 amide bonds. The van der Waals surface area contributed by atoms with Crippen LogP contribution in [0.1, 0.15) is 40.5 Å². The van der Waals surface area contributed by atoms with Crippen LogP contribution in [0.3, 0.4) is 0 Å². The molecule has 0 aliphatic rings. The molecule has 0 radical (unpaired) electrons. The van der Waals surface area contributed by atoms with E-state index >= 15 is 0 Å². The molecule has 29 nitrogen and oxygen atoms in total. The van der Waals surface area contributed by atoms with Gasteiger partial charge in [-0.25, -0.2) is 14.4 Å². The molecule has 0 aromatic rings. The summed E-state index contributed by atoms with van der Waals surface area (Å²) < 4.78 is 10.5. The van der Waals surface area contributed by atoms with Gasteiger partial charge in [0.2, 0.25) is 0 Å². The summed E-state index contributed by atoms with van der Waals surface area (Å²) in [5.41, 5.74) is 2.48. The van der Waals surface area contributed by atoms with E-state index < -0.39 is 127 Å². The highest BCUT2D eigenvalue weighted by atomic mass is 32.1. The van der Waals surface area contributed by atoms with Crippen molar-refractivity contribution in [3.8, 4) is 0 Å². The summed E-state index contributed by atoms with van der Waals surface area (Å²) in [7, 11) is 0. The number of carbonyl (C=O) groups is 10. The largest absolute Gasteiger partial charge is 0.481 e. The molecule has 0 saturated carbocycles. The average Bonchev–Trinajstić information content (AvgIpc) is 3.14. The second-order valence-electron chi connectivity index (χ2n) is 13.2. The third-order valence-electron chi connectivity index (χ3n) is 7.06. The van der Waals surface area contributed by atoms with Crippen molar-refractivity contribution >= 4 is 101 Å². The summed E-state index contributed by atoms with van der Waals surface area (Å²) in [6, 6.07) is -0.902. The van der Waals surface area contributed by atoms with E-state index in [4.69, 9.17) is 93.8 Å².